The first kappa shape index (κ1) is 93.1. The van der Waals surface area contributed by atoms with Crippen LogP contribution in [0.5, 0.6) is 0 Å². The van der Waals surface area contributed by atoms with Crippen molar-refractivity contribution in [2.24, 2.45) is 0 Å². The minimum Gasteiger partial charge on any atom is -0.494 e. The summed E-state index contributed by atoms with van der Waals surface area (Å²) < 4.78 is 87.0. The van der Waals surface area contributed by atoms with Gasteiger partial charge in [0.15, 0.2) is 0 Å². The van der Waals surface area contributed by atoms with Crippen molar-refractivity contribution in [3.8, 4) is 0 Å². The summed E-state index contributed by atoms with van der Waals surface area (Å²) in [6.45, 7) is 54.3. The molecule has 0 rings (SSSR count). The molecule has 0 saturated heterocycles. The second-order valence-electron chi connectivity index (χ2n) is 17.6. The second kappa shape index (κ2) is 58.8. The van der Waals surface area contributed by atoms with E-state index in [1.807, 2.05) is 41.2 Å². The van der Waals surface area contributed by atoms with Crippen molar-refractivity contribution >= 4 is 58.4 Å². The van der Waals surface area contributed by atoms with Crippen molar-refractivity contribution in [3.63, 3.8) is 0 Å². The lowest BCUT2D eigenvalue weighted by atomic mass is 10.4. The molecule has 0 aliphatic carbocycles. The van der Waals surface area contributed by atoms with Crippen molar-refractivity contribution in [1.29, 1.82) is 0 Å². The zero-order valence-electron chi connectivity index (χ0n) is 54.6. The number of aliphatic hydroxyl groups is 3. The molecule has 3 N–H and O–H groups in total. The van der Waals surface area contributed by atoms with Gasteiger partial charge in [0, 0.05) is 144 Å². The Hall–Kier alpha value is -4.61. The third-order valence-electron chi connectivity index (χ3n) is 9.51. The summed E-state index contributed by atoms with van der Waals surface area (Å²) >= 11 is 0. The molecule has 0 fully saturated rings. The molecule has 494 valence electrons. The molecule has 0 aromatic rings. The third kappa shape index (κ3) is 61.9. The van der Waals surface area contributed by atoms with Crippen LogP contribution in [0.1, 0.15) is 88.0 Å². The number of esters is 4. The Balaban J connectivity index is -0.000000168. The SMILES string of the molecule is C=C(O)OC(=O)C(=C)C.C=C(O)OC(=O)C(=C)C.C=C(O)OC(=O)C(=C)C.C=C(OC(=O)C(=C)C)O[Si](C)(CCCOC)OCC.CCO[Si](C)(CCCOC)OCC.CCO[Si](C)(CCCOC)OCC.COCCC[Si](OC)(OC)OC. The number of rotatable bonds is 39. The Morgan fingerprint density at radius 2 is 0.571 bits per heavy atom. The van der Waals surface area contributed by atoms with E-state index >= 15 is 0 Å². The maximum atomic E-state index is 11.3. The molecular formula is C56H110O24Si4. The van der Waals surface area contributed by atoms with Gasteiger partial charge in [-0.1, -0.05) is 26.3 Å². The van der Waals surface area contributed by atoms with Crippen molar-refractivity contribution in [3.05, 3.63) is 98.7 Å². The number of hydrogen-bond acceptors (Lipinski definition) is 24. The van der Waals surface area contributed by atoms with Gasteiger partial charge >= 0.3 is 58.4 Å². The maximum Gasteiger partial charge on any atom is 0.500 e. The Bertz CT molecular complexity index is 1720. The monoisotopic (exact) mass is 1280 g/mol. The number of carbonyl (C=O) groups is 4. The van der Waals surface area contributed by atoms with Gasteiger partial charge in [0.1, 0.15) is 0 Å². The molecule has 84 heavy (non-hydrogen) atoms. The minimum atomic E-state index is -2.44. The Labute approximate surface area is 508 Å². The molecule has 0 aromatic carbocycles. The molecule has 0 spiro atoms. The van der Waals surface area contributed by atoms with E-state index in [2.05, 4.69) is 79.9 Å². The summed E-state index contributed by atoms with van der Waals surface area (Å²) in [6, 6.07) is 3.56. The first-order valence-electron chi connectivity index (χ1n) is 26.9. The molecule has 1 atom stereocenters. The Kier molecular flexibility index (Phi) is 65.1. The maximum absolute atomic E-state index is 11.3. The smallest absolute Gasteiger partial charge is 0.494 e. The highest BCUT2D eigenvalue weighted by Gasteiger charge is 2.37. The summed E-state index contributed by atoms with van der Waals surface area (Å²) in [5, 5.41) is 24.9. The van der Waals surface area contributed by atoms with Crippen molar-refractivity contribution < 1.29 is 112 Å². The lowest BCUT2D eigenvalue weighted by molar-refractivity contribution is -0.139. The number of ether oxygens (including phenoxy) is 8. The van der Waals surface area contributed by atoms with E-state index < -0.39 is 76.2 Å². The van der Waals surface area contributed by atoms with E-state index in [9.17, 15) is 19.2 Å². The number of hydrogen-bond donors (Lipinski definition) is 3. The Morgan fingerprint density at radius 3 is 0.762 bits per heavy atom. The van der Waals surface area contributed by atoms with Crippen LogP contribution in [0.4, 0.5) is 0 Å². The highest BCUT2D eigenvalue weighted by atomic mass is 28.4. The van der Waals surface area contributed by atoms with Crippen molar-refractivity contribution in [2.45, 2.75) is 132 Å². The first-order chi connectivity index (χ1) is 39.1. The summed E-state index contributed by atoms with van der Waals surface area (Å²) in [7, 11) is 3.11. The summed E-state index contributed by atoms with van der Waals surface area (Å²) in [5.41, 5.74) is 0.976. The topological polar surface area (TPSA) is 286 Å². The van der Waals surface area contributed by atoms with Gasteiger partial charge in [-0.2, -0.15) is 0 Å². The molecule has 0 radical (unpaired) electrons. The van der Waals surface area contributed by atoms with Gasteiger partial charge in [0.05, 0.1) is 0 Å². The molecule has 0 aromatic heterocycles. The van der Waals surface area contributed by atoms with Crippen molar-refractivity contribution in [1.82, 2.24) is 0 Å². The summed E-state index contributed by atoms with van der Waals surface area (Å²) in [6.07, 6.45) is 3.78. The average Bonchev–Trinajstić information content (AvgIpc) is 3.39. The van der Waals surface area contributed by atoms with E-state index in [-0.39, 0.29) is 22.7 Å². The molecule has 0 saturated carbocycles. The van der Waals surface area contributed by atoms with Gasteiger partial charge in [-0.05, 0) is 146 Å². The van der Waals surface area contributed by atoms with E-state index in [4.69, 9.17) is 78.8 Å². The van der Waals surface area contributed by atoms with Gasteiger partial charge in [-0.15, -0.1) is 0 Å². The molecule has 0 heterocycles. The van der Waals surface area contributed by atoms with Gasteiger partial charge in [-0.25, -0.2) is 19.2 Å². The van der Waals surface area contributed by atoms with Gasteiger partial charge in [0.2, 0.25) is 0 Å². The standard InChI is InChI=1S/C13H24O5Si.2C9H22O3Si.C7H18O4Si.3C6H8O3/c1-7-16-19(6,10-8-9-15-5)18-12(4)17-13(14)11(2)3;2*1-5-11-13(4,12-6-2)9-7-8-10-3;1-8-6-5-7-12(9-2,10-3)11-4;3*1-4(2)6(8)9-5(3)7/h2,4,7-10H2,1,3,5-6H3;2*5-9H2,1-4H3;5-7H2,1-4H3;3*7H,1,3H2,2H3. The second-order valence-corrected chi connectivity index (χ2v) is 30.6. The molecule has 0 aliphatic heterocycles. The predicted molar refractivity (Wildman–Crippen MR) is 334 cm³/mol. The summed E-state index contributed by atoms with van der Waals surface area (Å²) in [5.74, 6) is -4.40. The molecule has 0 amide bonds. The largest absolute Gasteiger partial charge is 0.500 e. The average molecular weight is 1280 g/mol. The zero-order valence-corrected chi connectivity index (χ0v) is 58.6. The van der Waals surface area contributed by atoms with Crippen LogP contribution in [0.15, 0.2) is 98.7 Å². The molecule has 24 nitrogen and oxygen atoms in total. The van der Waals surface area contributed by atoms with Crippen LogP contribution in [0.25, 0.3) is 0 Å². The lowest BCUT2D eigenvalue weighted by Gasteiger charge is -2.27. The predicted octanol–water partition coefficient (Wildman–Crippen LogP) is 11.4. The molecule has 0 bridgehead atoms. The van der Waals surface area contributed by atoms with Crippen LogP contribution in [0.2, 0.25) is 43.8 Å². The number of carbonyl (C=O) groups excluding carboxylic acids is 4. The minimum absolute atomic E-state index is 0.0342. The van der Waals surface area contributed by atoms with Gasteiger partial charge in [-0.3, -0.25) is 0 Å². The van der Waals surface area contributed by atoms with E-state index in [1.165, 1.54) is 20.8 Å². The van der Waals surface area contributed by atoms with Gasteiger partial charge < -0.3 is 93.0 Å². The summed E-state index contributed by atoms with van der Waals surface area (Å²) in [4.78, 5) is 42.6. The first-order valence-corrected chi connectivity index (χ1v) is 36.4. The zero-order chi connectivity index (χ0) is 67.0. The van der Waals surface area contributed by atoms with Crippen LogP contribution in [0.3, 0.4) is 0 Å². The van der Waals surface area contributed by atoms with E-state index in [1.54, 1.807) is 56.7 Å². The third-order valence-corrected chi connectivity index (χ3v) is 21.3. The van der Waals surface area contributed by atoms with Gasteiger partial charge in [0.25, 0.3) is 23.8 Å². The normalized spacial score (nSPS) is 11.1. The fraction of sp³-hybridized carbons (Fsp3) is 0.643. The van der Waals surface area contributed by atoms with Crippen LogP contribution >= 0.6 is 0 Å². The quantitative estimate of drug-likeness (QED) is 0.0129. The number of aliphatic hydroxyl groups excluding tert-OH is 3. The molecule has 28 heteroatoms. The lowest BCUT2D eigenvalue weighted by Crippen LogP contribution is -2.42. The molecule has 0 aliphatic rings. The highest BCUT2D eigenvalue weighted by Crippen LogP contribution is 2.21. The highest BCUT2D eigenvalue weighted by molar-refractivity contribution is 6.66. The Morgan fingerprint density at radius 1 is 0.357 bits per heavy atom. The molecule has 1 unspecified atom stereocenters. The van der Waals surface area contributed by atoms with Crippen LogP contribution in [0, 0.1) is 0 Å². The fourth-order valence-corrected chi connectivity index (χ4v) is 14.4. The fourth-order valence-electron chi connectivity index (χ4n) is 5.69. The van der Waals surface area contributed by atoms with Crippen molar-refractivity contribution in [2.75, 3.05) is 109 Å². The number of methoxy groups -OCH3 is 4. The van der Waals surface area contributed by atoms with Crippen LogP contribution in [-0.2, 0) is 96.9 Å². The van der Waals surface area contributed by atoms with Crippen LogP contribution in [-0.4, -0.2) is 183 Å². The molecular weight excluding hydrogens is 1170 g/mol. The van der Waals surface area contributed by atoms with Crippen LogP contribution < -0.4 is 0 Å². The van der Waals surface area contributed by atoms with E-state index in [0.717, 1.165) is 89.5 Å². The van der Waals surface area contributed by atoms with E-state index in [0.29, 0.717) is 25.4 Å².